The van der Waals surface area contributed by atoms with Crippen molar-refractivity contribution < 1.29 is 9.59 Å². The standard InChI is InChI=1S/C30H26O2/c31-29(25-17-9-3-10-18-25)21-27(23-13-5-1-6-14-23)28(24-15-7-2-8-16-24)22-30(32)26-19-11-4-12-20-26/h1-20,27-28H,21-22H2/t27-,28-/m1/s1. The molecule has 0 radical (unpaired) electrons. The molecule has 0 aliphatic rings. The minimum atomic E-state index is -0.112. The van der Waals surface area contributed by atoms with E-state index in [2.05, 4.69) is 24.3 Å². The van der Waals surface area contributed by atoms with Crippen LogP contribution in [0.5, 0.6) is 0 Å². The molecule has 0 amide bonds. The summed E-state index contributed by atoms with van der Waals surface area (Å²) in [7, 11) is 0. The summed E-state index contributed by atoms with van der Waals surface area (Å²) in [4.78, 5) is 26.5. The van der Waals surface area contributed by atoms with Gasteiger partial charge in [-0.15, -0.1) is 0 Å². The second-order valence-corrected chi connectivity index (χ2v) is 8.02. The Bertz CT molecular complexity index is 1040. The lowest BCUT2D eigenvalue weighted by Crippen LogP contribution is -2.19. The molecule has 4 aromatic carbocycles. The predicted molar refractivity (Wildman–Crippen MR) is 129 cm³/mol. The zero-order chi connectivity index (χ0) is 22.2. The van der Waals surface area contributed by atoms with Crippen LogP contribution in [0.3, 0.4) is 0 Å². The van der Waals surface area contributed by atoms with Gasteiger partial charge in [-0.1, -0.05) is 121 Å². The van der Waals surface area contributed by atoms with Crippen molar-refractivity contribution in [3.05, 3.63) is 144 Å². The Balaban J connectivity index is 1.72. The van der Waals surface area contributed by atoms with Crippen LogP contribution in [0, 0.1) is 0 Å². The number of carbonyl (C=O) groups excluding carboxylic acids is 2. The van der Waals surface area contributed by atoms with Crippen LogP contribution < -0.4 is 0 Å². The molecule has 4 rings (SSSR count). The smallest absolute Gasteiger partial charge is 0.163 e. The van der Waals surface area contributed by atoms with E-state index in [4.69, 9.17) is 0 Å². The first-order chi connectivity index (χ1) is 15.7. The van der Waals surface area contributed by atoms with Crippen LogP contribution in [0.4, 0.5) is 0 Å². The van der Waals surface area contributed by atoms with E-state index in [1.54, 1.807) is 0 Å². The fourth-order valence-corrected chi connectivity index (χ4v) is 4.27. The fraction of sp³-hybridized carbons (Fsp3) is 0.133. The van der Waals surface area contributed by atoms with Gasteiger partial charge in [0.05, 0.1) is 0 Å². The van der Waals surface area contributed by atoms with Crippen molar-refractivity contribution in [2.75, 3.05) is 0 Å². The lowest BCUT2D eigenvalue weighted by Gasteiger charge is -2.28. The summed E-state index contributed by atoms with van der Waals surface area (Å²) < 4.78 is 0. The number of rotatable bonds is 9. The molecule has 0 aromatic heterocycles. The van der Waals surface area contributed by atoms with Crippen LogP contribution in [-0.2, 0) is 0 Å². The molecule has 0 N–H and O–H groups in total. The van der Waals surface area contributed by atoms with Crippen molar-refractivity contribution >= 4 is 11.6 Å². The molecule has 0 bridgehead atoms. The van der Waals surface area contributed by atoms with Crippen LogP contribution in [0.25, 0.3) is 0 Å². The van der Waals surface area contributed by atoms with Crippen molar-refractivity contribution in [2.24, 2.45) is 0 Å². The van der Waals surface area contributed by atoms with E-state index in [0.717, 1.165) is 11.1 Å². The molecule has 0 fully saturated rings. The minimum Gasteiger partial charge on any atom is -0.294 e. The zero-order valence-corrected chi connectivity index (χ0v) is 17.9. The van der Waals surface area contributed by atoms with Crippen LogP contribution in [0.15, 0.2) is 121 Å². The molecule has 0 aliphatic carbocycles. The third-order valence-corrected chi connectivity index (χ3v) is 5.94. The van der Waals surface area contributed by atoms with Crippen molar-refractivity contribution in [2.45, 2.75) is 24.7 Å². The third-order valence-electron chi connectivity index (χ3n) is 5.94. The van der Waals surface area contributed by atoms with Gasteiger partial charge >= 0.3 is 0 Å². The molecule has 0 heterocycles. The number of hydrogen-bond donors (Lipinski definition) is 0. The number of ketones is 2. The van der Waals surface area contributed by atoms with E-state index in [9.17, 15) is 9.59 Å². The van der Waals surface area contributed by atoms with Crippen LogP contribution >= 0.6 is 0 Å². The predicted octanol–water partition coefficient (Wildman–Crippen LogP) is 7.10. The number of hydrogen-bond acceptors (Lipinski definition) is 2. The summed E-state index contributed by atoms with van der Waals surface area (Å²) in [5.74, 6) is -0.0435. The highest BCUT2D eigenvalue weighted by Gasteiger charge is 2.29. The summed E-state index contributed by atoms with van der Waals surface area (Å²) in [6.45, 7) is 0. The van der Waals surface area contributed by atoms with Crippen molar-refractivity contribution in [3.63, 3.8) is 0 Å². The maximum Gasteiger partial charge on any atom is 0.163 e. The molecular weight excluding hydrogens is 392 g/mol. The van der Waals surface area contributed by atoms with Gasteiger partial charge in [0.15, 0.2) is 11.6 Å². The Kier molecular flexibility index (Phi) is 7.04. The molecule has 32 heavy (non-hydrogen) atoms. The van der Waals surface area contributed by atoms with Crippen molar-refractivity contribution in [3.8, 4) is 0 Å². The summed E-state index contributed by atoms with van der Waals surface area (Å²) in [6, 6.07) is 39.0. The Labute approximate surface area is 189 Å². The highest BCUT2D eigenvalue weighted by atomic mass is 16.1. The van der Waals surface area contributed by atoms with Gasteiger partial charge in [0.1, 0.15) is 0 Å². The van der Waals surface area contributed by atoms with E-state index in [1.807, 2.05) is 97.1 Å². The second-order valence-electron chi connectivity index (χ2n) is 8.02. The summed E-state index contributed by atoms with van der Waals surface area (Å²) >= 11 is 0. The zero-order valence-electron chi connectivity index (χ0n) is 17.9. The molecule has 0 spiro atoms. The molecule has 4 aromatic rings. The molecule has 2 heteroatoms. The number of carbonyl (C=O) groups is 2. The Morgan fingerprint density at radius 3 is 1.03 bits per heavy atom. The lowest BCUT2D eigenvalue weighted by molar-refractivity contribution is 0.0936. The molecule has 0 saturated heterocycles. The average Bonchev–Trinajstić information content (AvgIpc) is 2.88. The molecule has 0 aliphatic heterocycles. The summed E-state index contributed by atoms with van der Waals surface area (Å²) in [6.07, 6.45) is 0.686. The second kappa shape index (κ2) is 10.5. The highest BCUT2D eigenvalue weighted by Crippen LogP contribution is 2.39. The molecule has 2 atom stereocenters. The lowest BCUT2D eigenvalue weighted by atomic mass is 9.75. The number of Topliss-reactive ketones (excluding diaryl/α,β-unsaturated/α-hetero) is 2. The Hall–Kier alpha value is -3.78. The van der Waals surface area contributed by atoms with Gasteiger partial charge in [0.25, 0.3) is 0 Å². The van der Waals surface area contributed by atoms with Gasteiger partial charge in [-0.2, -0.15) is 0 Å². The Morgan fingerprint density at radius 2 is 0.719 bits per heavy atom. The van der Waals surface area contributed by atoms with E-state index in [-0.39, 0.29) is 23.4 Å². The van der Waals surface area contributed by atoms with E-state index >= 15 is 0 Å². The monoisotopic (exact) mass is 418 g/mol. The Morgan fingerprint density at radius 1 is 0.438 bits per heavy atom. The molecule has 0 saturated carbocycles. The number of benzene rings is 4. The molecule has 2 nitrogen and oxygen atoms in total. The minimum absolute atomic E-state index is 0.0903. The van der Waals surface area contributed by atoms with Gasteiger partial charge in [0.2, 0.25) is 0 Å². The van der Waals surface area contributed by atoms with Gasteiger partial charge < -0.3 is 0 Å². The maximum atomic E-state index is 13.2. The van der Waals surface area contributed by atoms with E-state index < -0.39 is 0 Å². The SMILES string of the molecule is O=C(C[C@H](c1ccccc1)[C@H](CC(=O)c1ccccc1)c1ccccc1)c1ccccc1. The van der Waals surface area contributed by atoms with Gasteiger partial charge in [-0.05, 0) is 23.0 Å². The normalized spacial score (nSPS) is 12.6. The van der Waals surface area contributed by atoms with Crippen molar-refractivity contribution in [1.82, 2.24) is 0 Å². The molecule has 0 unspecified atom stereocenters. The van der Waals surface area contributed by atoms with Gasteiger partial charge in [-0.3, -0.25) is 9.59 Å². The largest absolute Gasteiger partial charge is 0.294 e. The van der Waals surface area contributed by atoms with Crippen molar-refractivity contribution in [1.29, 1.82) is 0 Å². The molecular formula is C30H26O2. The van der Waals surface area contributed by atoms with E-state index in [1.165, 1.54) is 0 Å². The van der Waals surface area contributed by atoms with E-state index in [0.29, 0.717) is 24.0 Å². The van der Waals surface area contributed by atoms with Crippen LogP contribution in [0.2, 0.25) is 0 Å². The fourth-order valence-electron chi connectivity index (χ4n) is 4.27. The summed E-state index contributed by atoms with van der Waals surface area (Å²) in [5.41, 5.74) is 3.56. The summed E-state index contributed by atoms with van der Waals surface area (Å²) in [5, 5.41) is 0. The highest BCUT2D eigenvalue weighted by molar-refractivity contribution is 5.98. The van der Waals surface area contributed by atoms with Crippen LogP contribution in [0.1, 0.15) is 56.5 Å². The maximum absolute atomic E-state index is 13.2. The molecule has 158 valence electrons. The third kappa shape index (κ3) is 5.28. The quantitative estimate of drug-likeness (QED) is 0.272. The topological polar surface area (TPSA) is 34.1 Å². The van der Waals surface area contributed by atoms with Gasteiger partial charge in [-0.25, -0.2) is 0 Å². The first kappa shape index (κ1) is 21.5. The average molecular weight is 419 g/mol. The first-order valence-electron chi connectivity index (χ1n) is 11.0. The first-order valence-corrected chi connectivity index (χ1v) is 11.0. The van der Waals surface area contributed by atoms with Crippen LogP contribution in [-0.4, -0.2) is 11.6 Å². The van der Waals surface area contributed by atoms with Gasteiger partial charge in [0, 0.05) is 24.0 Å².